The van der Waals surface area contributed by atoms with Gasteiger partial charge in [0.25, 0.3) is 0 Å². The predicted molar refractivity (Wildman–Crippen MR) is 79.3 cm³/mol. The van der Waals surface area contributed by atoms with Gasteiger partial charge in [-0.1, -0.05) is 45.2 Å². The van der Waals surface area contributed by atoms with Crippen LogP contribution < -0.4 is 10.5 Å². The molecule has 2 rings (SSSR count). The molecule has 0 aliphatic carbocycles. The van der Waals surface area contributed by atoms with E-state index in [0.29, 0.717) is 28.1 Å². The Balaban J connectivity index is 2.08. The zero-order valence-electron chi connectivity index (χ0n) is 9.29. The summed E-state index contributed by atoms with van der Waals surface area (Å²) in [5.74, 6) is 0.702. The fourth-order valence-corrected chi connectivity index (χ4v) is 2.27. The van der Waals surface area contributed by atoms with E-state index in [-0.39, 0.29) is 0 Å². The molecule has 0 spiro atoms. The molecule has 5 heteroatoms. The summed E-state index contributed by atoms with van der Waals surface area (Å²) in [7, 11) is 0. The number of hydrogen-bond donors (Lipinski definition) is 1. The quantitative estimate of drug-likeness (QED) is 0.801. The van der Waals surface area contributed by atoms with Crippen LogP contribution >= 0.6 is 39.1 Å². The molecule has 0 heterocycles. The standard InChI is InChI=1S/C13H10BrCl2NO/c14-9-4-10(17)6-11(5-9)18-7-8-1-2-12(15)13(16)3-8/h1-6H,7,17H2. The number of nitrogen functional groups attached to an aromatic ring is 1. The average molecular weight is 347 g/mol. The van der Waals surface area contributed by atoms with Crippen LogP contribution in [-0.2, 0) is 6.61 Å². The van der Waals surface area contributed by atoms with Crippen LogP contribution in [0.2, 0.25) is 10.0 Å². The molecule has 0 unspecified atom stereocenters. The first-order valence-electron chi connectivity index (χ1n) is 5.17. The van der Waals surface area contributed by atoms with Gasteiger partial charge in [-0.05, 0) is 29.8 Å². The molecule has 2 aromatic carbocycles. The number of hydrogen-bond acceptors (Lipinski definition) is 2. The Morgan fingerprint density at radius 2 is 1.83 bits per heavy atom. The van der Waals surface area contributed by atoms with Crippen molar-refractivity contribution in [3.63, 3.8) is 0 Å². The lowest BCUT2D eigenvalue weighted by atomic mass is 10.2. The van der Waals surface area contributed by atoms with Crippen LogP contribution in [0.15, 0.2) is 40.9 Å². The van der Waals surface area contributed by atoms with Crippen molar-refractivity contribution in [3.8, 4) is 5.75 Å². The number of halogens is 3. The van der Waals surface area contributed by atoms with Gasteiger partial charge in [0.05, 0.1) is 10.0 Å². The third kappa shape index (κ3) is 3.55. The van der Waals surface area contributed by atoms with E-state index in [4.69, 9.17) is 33.7 Å². The molecule has 2 aromatic rings. The maximum atomic E-state index is 5.93. The summed E-state index contributed by atoms with van der Waals surface area (Å²) >= 11 is 15.1. The van der Waals surface area contributed by atoms with Gasteiger partial charge in [0, 0.05) is 16.2 Å². The van der Waals surface area contributed by atoms with E-state index in [1.165, 1.54) is 0 Å². The average Bonchev–Trinajstić information content (AvgIpc) is 2.29. The van der Waals surface area contributed by atoms with Gasteiger partial charge < -0.3 is 10.5 Å². The van der Waals surface area contributed by atoms with Gasteiger partial charge in [-0.2, -0.15) is 0 Å². The molecule has 0 atom stereocenters. The van der Waals surface area contributed by atoms with Crippen molar-refractivity contribution < 1.29 is 4.74 Å². The van der Waals surface area contributed by atoms with E-state index in [9.17, 15) is 0 Å². The van der Waals surface area contributed by atoms with Crippen molar-refractivity contribution in [1.82, 2.24) is 0 Å². The largest absolute Gasteiger partial charge is 0.489 e. The Morgan fingerprint density at radius 3 is 2.50 bits per heavy atom. The number of anilines is 1. The molecule has 2 nitrogen and oxygen atoms in total. The van der Waals surface area contributed by atoms with Crippen LogP contribution in [-0.4, -0.2) is 0 Å². The second-order valence-corrected chi connectivity index (χ2v) is 5.49. The Kier molecular flexibility index (Phi) is 4.38. The Hall–Kier alpha value is -0.900. The molecule has 2 N–H and O–H groups in total. The number of rotatable bonds is 3. The highest BCUT2D eigenvalue weighted by Crippen LogP contribution is 2.25. The van der Waals surface area contributed by atoms with Gasteiger partial charge in [0.2, 0.25) is 0 Å². The van der Waals surface area contributed by atoms with E-state index in [1.807, 2.05) is 18.2 Å². The van der Waals surface area contributed by atoms with Gasteiger partial charge in [-0.3, -0.25) is 0 Å². The first kappa shape index (κ1) is 13.5. The second kappa shape index (κ2) is 5.83. The third-order valence-electron chi connectivity index (χ3n) is 2.28. The summed E-state index contributed by atoms with van der Waals surface area (Å²) in [6.07, 6.45) is 0. The fraction of sp³-hybridized carbons (Fsp3) is 0.0769. The summed E-state index contributed by atoms with van der Waals surface area (Å²) < 4.78 is 6.52. The van der Waals surface area contributed by atoms with Crippen LogP contribution in [0.1, 0.15) is 5.56 Å². The highest BCUT2D eigenvalue weighted by Gasteiger charge is 2.02. The molecule has 0 fully saturated rings. The molecule has 0 aliphatic heterocycles. The summed E-state index contributed by atoms with van der Waals surface area (Å²) in [6, 6.07) is 10.8. The SMILES string of the molecule is Nc1cc(Br)cc(OCc2ccc(Cl)c(Cl)c2)c1. The molecule has 0 amide bonds. The lowest BCUT2D eigenvalue weighted by Crippen LogP contribution is -1.96. The molecule has 94 valence electrons. The zero-order chi connectivity index (χ0) is 13.1. The van der Waals surface area contributed by atoms with E-state index in [1.54, 1.807) is 18.2 Å². The molecular weight excluding hydrogens is 337 g/mol. The molecule has 18 heavy (non-hydrogen) atoms. The van der Waals surface area contributed by atoms with Gasteiger partial charge in [0.1, 0.15) is 12.4 Å². The number of nitrogens with two attached hydrogens (primary N) is 1. The minimum Gasteiger partial charge on any atom is -0.489 e. The van der Waals surface area contributed by atoms with E-state index in [0.717, 1.165) is 10.0 Å². The molecule has 0 bridgehead atoms. The normalized spacial score (nSPS) is 10.4. The smallest absolute Gasteiger partial charge is 0.122 e. The van der Waals surface area contributed by atoms with Crippen LogP contribution in [0.25, 0.3) is 0 Å². The van der Waals surface area contributed by atoms with Gasteiger partial charge in [-0.15, -0.1) is 0 Å². The van der Waals surface area contributed by atoms with E-state index in [2.05, 4.69) is 15.9 Å². The topological polar surface area (TPSA) is 35.2 Å². The van der Waals surface area contributed by atoms with Crippen molar-refractivity contribution in [1.29, 1.82) is 0 Å². The van der Waals surface area contributed by atoms with Gasteiger partial charge in [-0.25, -0.2) is 0 Å². The van der Waals surface area contributed by atoms with Crippen molar-refractivity contribution in [2.24, 2.45) is 0 Å². The summed E-state index contributed by atoms with van der Waals surface area (Å²) in [6.45, 7) is 0.410. The lowest BCUT2D eigenvalue weighted by Gasteiger charge is -2.08. The highest BCUT2D eigenvalue weighted by atomic mass is 79.9. The molecular formula is C13H10BrCl2NO. The molecule has 0 aromatic heterocycles. The first-order chi connectivity index (χ1) is 8.54. The van der Waals surface area contributed by atoms with Crippen LogP contribution in [0, 0.1) is 0 Å². The Bertz CT molecular complexity index is 555. The molecule has 0 aliphatic rings. The van der Waals surface area contributed by atoms with Crippen molar-refractivity contribution in [3.05, 3.63) is 56.5 Å². The Morgan fingerprint density at radius 1 is 1.06 bits per heavy atom. The summed E-state index contributed by atoms with van der Waals surface area (Å²) in [5, 5.41) is 1.05. The van der Waals surface area contributed by atoms with E-state index < -0.39 is 0 Å². The van der Waals surface area contributed by atoms with Crippen LogP contribution in [0.5, 0.6) is 5.75 Å². The maximum absolute atomic E-state index is 5.93. The summed E-state index contributed by atoms with van der Waals surface area (Å²) in [4.78, 5) is 0. The van der Waals surface area contributed by atoms with Crippen LogP contribution in [0.3, 0.4) is 0 Å². The van der Waals surface area contributed by atoms with Crippen molar-refractivity contribution in [2.45, 2.75) is 6.61 Å². The highest BCUT2D eigenvalue weighted by molar-refractivity contribution is 9.10. The first-order valence-corrected chi connectivity index (χ1v) is 6.72. The third-order valence-corrected chi connectivity index (χ3v) is 3.48. The van der Waals surface area contributed by atoms with Gasteiger partial charge >= 0.3 is 0 Å². The van der Waals surface area contributed by atoms with Crippen molar-refractivity contribution >= 4 is 44.8 Å². The van der Waals surface area contributed by atoms with Crippen LogP contribution in [0.4, 0.5) is 5.69 Å². The minimum atomic E-state index is 0.410. The molecule has 0 saturated carbocycles. The Labute approximate surface area is 124 Å². The minimum absolute atomic E-state index is 0.410. The number of ether oxygens (including phenoxy) is 1. The maximum Gasteiger partial charge on any atom is 0.122 e. The van der Waals surface area contributed by atoms with Gasteiger partial charge in [0.15, 0.2) is 0 Å². The second-order valence-electron chi connectivity index (χ2n) is 3.76. The summed E-state index contributed by atoms with van der Waals surface area (Å²) in [5.41, 5.74) is 7.32. The number of benzene rings is 2. The molecule has 0 saturated heterocycles. The lowest BCUT2D eigenvalue weighted by molar-refractivity contribution is 0.306. The predicted octanol–water partition coefficient (Wildman–Crippen LogP) is 4.92. The van der Waals surface area contributed by atoms with E-state index >= 15 is 0 Å². The van der Waals surface area contributed by atoms with Crippen molar-refractivity contribution in [2.75, 3.05) is 5.73 Å². The zero-order valence-corrected chi connectivity index (χ0v) is 12.4. The fourth-order valence-electron chi connectivity index (χ4n) is 1.46. The molecule has 0 radical (unpaired) electrons. The monoisotopic (exact) mass is 345 g/mol.